The molecule has 0 radical (unpaired) electrons. The Morgan fingerprint density at radius 3 is 2.44 bits per heavy atom. The quantitative estimate of drug-likeness (QED) is 0.270. The summed E-state index contributed by atoms with van der Waals surface area (Å²) in [5.41, 5.74) is 1.22. The second-order valence-corrected chi connectivity index (χ2v) is 8.48. The lowest BCUT2D eigenvalue weighted by Gasteiger charge is -2.08. The Hall–Kier alpha value is -1.52. The Balaban J connectivity index is 1.75. The van der Waals surface area contributed by atoms with Gasteiger partial charge >= 0.3 is 0 Å². The number of thioether (sulfide) groups is 1. The second-order valence-electron chi connectivity index (χ2n) is 5.60. The molecule has 0 bridgehead atoms. The summed E-state index contributed by atoms with van der Waals surface area (Å²) in [5.74, 6) is 0.797. The molecule has 25 heavy (non-hydrogen) atoms. The van der Waals surface area contributed by atoms with Gasteiger partial charge in [0.25, 0.3) is 0 Å². The van der Waals surface area contributed by atoms with Crippen molar-refractivity contribution in [1.82, 2.24) is 0 Å². The van der Waals surface area contributed by atoms with Crippen molar-refractivity contribution in [2.45, 2.75) is 10.6 Å². The van der Waals surface area contributed by atoms with E-state index in [0.717, 1.165) is 30.5 Å². The van der Waals surface area contributed by atoms with Crippen molar-refractivity contribution >= 4 is 66.5 Å². The Morgan fingerprint density at radius 2 is 1.64 bits per heavy atom. The van der Waals surface area contributed by atoms with Gasteiger partial charge in [-0.25, -0.2) is 0 Å². The average molecular weight is 403 g/mol. The number of fused-ring (bicyclic) bond motifs is 2. The standard InChI is InChI=1S/C20H12Cl2OS2/c21-13-7-5-12(6-8-13)11-24-17-10-9-15-19(23)14-3-1-2-4-16(14)25-20(15)18(17)22/h1-10H,11H2. The van der Waals surface area contributed by atoms with E-state index in [4.69, 9.17) is 23.2 Å². The van der Waals surface area contributed by atoms with Crippen LogP contribution >= 0.6 is 46.3 Å². The highest BCUT2D eigenvalue weighted by Crippen LogP contribution is 2.38. The van der Waals surface area contributed by atoms with E-state index in [1.807, 2.05) is 60.7 Å². The molecule has 0 N–H and O–H groups in total. The SMILES string of the molecule is O=c1c2ccccc2sc2c(Cl)c(SCc3ccc(Cl)cc3)ccc12. The van der Waals surface area contributed by atoms with Crippen LogP contribution < -0.4 is 5.43 Å². The maximum Gasteiger partial charge on any atom is 0.195 e. The van der Waals surface area contributed by atoms with Gasteiger partial charge in [0.15, 0.2) is 5.43 Å². The molecule has 0 aliphatic carbocycles. The van der Waals surface area contributed by atoms with Crippen LogP contribution in [0.5, 0.6) is 0 Å². The fourth-order valence-electron chi connectivity index (χ4n) is 2.67. The summed E-state index contributed by atoms with van der Waals surface area (Å²) in [7, 11) is 0. The number of rotatable bonds is 3. The summed E-state index contributed by atoms with van der Waals surface area (Å²) in [5, 5.41) is 2.82. The first-order valence-electron chi connectivity index (χ1n) is 7.65. The first-order valence-corrected chi connectivity index (χ1v) is 10.2. The van der Waals surface area contributed by atoms with Crippen molar-refractivity contribution in [3.8, 4) is 0 Å². The van der Waals surface area contributed by atoms with E-state index in [2.05, 4.69) is 0 Å². The summed E-state index contributed by atoms with van der Waals surface area (Å²) in [4.78, 5) is 13.7. The highest BCUT2D eigenvalue weighted by molar-refractivity contribution is 7.98. The Bertz CT molecular complexity index is 1130. The van der Waals surface area contributed by atoms with Gasteiger partial charge in [0.1, 0.15) is 0 Å². The molecule has 124 valence electrons. The van der Waals surface area contributed by atoms with Crippen molar-refractivity contribution in [3.05, 3.63) is 86.5 Å². The highest BCUT2D eigenvalue weighted by Gasteiger charge is 2.12. The second kappa shape index (κ2) is 7.00. The average Bonchev–Trinajstić information content (AvgIpc) is 2.63. The maximum absolute atomic E-state index is 12.7. The molecular formula is C20H12Cl2OS2. The summed E-state index contributed by atoms with van der Waals surface area (Å²) < 4.78 is 1.81. The first kappa shape index (κ1) is 16.9. The zero-order chi connectivity index (χ0) is 17.4. The molecule has 0 amide bonds. The van der Waals surface area contributed by atoms with Crippen molar-refractivity contribution in [1.29, 1.82) is 0 Å². The van der Waals surface area contributed by atoms with Crippen LogP contribution in [-0.2, 0) is 5.75 Å². The summed E-state index contributed by atoms with van der Waals surface area (Å²) >= 11 is 15.8. The largest absolute Gasteiger partial charge is 0.289 e. The van der Waals surface area contributed by atoms with Crippen molar-refractivity contribution in [2.75, 3.05) is 0 Å². The van der Waals surface area contributed by atoms with Crippen LogP contribution in [0.25, 0.3) is 20.2 Å². The molecule has 0 atom stereocenters. The van der Waals surface area contributed by atoms with Crippen LogP contribution in [0.15, 0.2) is 70.4 Å². The minimum absolute atomic E-state index is 0.0421. The molecular weight excluding hydrogens is 391 g/mol. The Labute approximate surface area is 163 Å². The van der Waals surface area contributed by atoms with Crippen LogP contribution in [0.2, 0.25) is 10.0 Å². The molecule has 3 aromatic carbocycles. The van der Waals surface area contributed by atoms with Gasteiger partial charge in [-0.1, -0.05) is 47.5 Å². The van der Waals surface area contributed by atoms with Gasteiger partial charge in [-0.15, -0.1) is 23.1 Å². The van der Waals surface area contributed by atoms with Crippen molar-refractivity contribution in [3.63, 3.8) is 0 Å². The van der Waals surface area contributed by atoms with Crippen LogP contribution in [0.4, 0.5) is 0 Å². The van der Waals surface area contributed by atoms with E-state index in [1.165, 1.54) is 5.56 Å². The molecule has 1 nitrogen and oxygen atoms in total. The number of halogens is 2. The van der Waals surface area contributed by atoms with E-state index >= 15 is 0 Å². The predicted octanol–water partition coefficient (Wildman–Crippen LogP) is 7.01. The molecule has 1 heterocycles. The van der Waals surface area contributed by atoms with E-state index in [1.54, 1.807) is 23.1 Å². The molecule has 5 heteroatoms. The van der Waals surface area contributed by atoms with E-state index in [-0.39, 0.29) is 5.43 Å². The van der Waals surface area contributed by atoms with Crippen LogP contribution in [0.1, 0.15) is 5.56 Å². The molecule has 0 spiro atoms. The molecule has 0 aliphatic heterocycles. The lowest BCUT2D eigenvalue weighted by Crippen LogP contribution is -2.01. The van der Waals surface area contributed by atoms with Crippen LogP contribution in [0.3, 0.4) is 0 Å². The maximum atomic E-state index is 12.7. The van der Waals surface area contributed by atoms with Gasteiger partial charge in [0.05, 0.1) is 9.72 Å². The third-order valence-corrected chi connectivity index (χ3v) is 7.16. The zero-order valence-electron chi connectivity index (χ0n) is 13.0. The van der Waals surface area contributed by atoms with Crippen LogP contribution in [-0.4, -0.2) is 0 Å². The van der Waals surface area contributed by atoms with Crippen LogP contribution in [0, 0.1) is 0 Å². The molecule has 4 aromatic rings. The fraction of sp³-hybridized carbons (Fsp3) is 0.0500. The minimum Gasteiger partial charge on any atom is -0.289 e. The smallest absolute Gasteiger partial charge is 0.195 e. The predicted molar refractivity (Wildman–Crippen MR) is 112 cm³/mol. The molecule has 0 unspecified atom stereocenters. The van der Waals surface area contributed by atoms with E-state index < -0.39 is 0 Å². The van der Waals surface area contributed by atoms with E-state index in [9.17, 15) is 4.79 Å². The Morgan fingerprint density at radius 1 is 0.880 bits per heavy atom. The minimum atomic E-state index is 0.0421. The third-order valence-electron chi connectivity index (χ3n) is 3.96. The Kier molecular flexibility index (Phi) is 4.74. The number of benzene rings is 3. The number of hydrogen-bond acceptors (Lipinski definition) is 3. The zero-order valence-corrected chi connectivity index (χ0v) is 16.1. The summed E-state index contributed by atoms with van der Waals surface area (Å²) in [6.45, 7) is 0. The fourth-order valence-corrected chi connectivity index (χ4v) is 5.32. The molecule has 0 fully saturated rings. The van der Waals surface area contributed by atoms with Crippen molar-refractivity contribution in [2.24, 2.45) is 0 Å². The third kappa shape index (κ3) is 3.30. The highest BCUT2D eigenvalue weighted by atomic mass is 35.5. The van der Waals surface area contributed by atoms with Gasteiger partial charge in [-0.05, 0) is 42.0 Å². The molecule has 0 saturated carbocycles. The van der Waals surface area contributed by atoms with Gasteiger partial charge in [-0.3, -0.25) is 4.79 Å². The first-order chi connectivity index (χ1) is 12.1. The van der Waals surface area contributed by atoms with Gasteiger partial charge in [0.2, 0.25) is 0 Å². The lowest BCUT2D eigenvalue weighted by molar-refractivity contribution is 1.39. The lowest BCUT2D eigenvalue weighted by atomic mass is 10.2. The normalized spacial score (nSPS) is 11.3. The molecule has 4 rings (SSSR count). The summed E-state index contributed by atoms with van der Waals surface area (Å²) in [6.07, 6.45) is 0. The van der Waals surface area contributed by atoms with Gasteiger partial charge < -0.3 is 0 Å². The summed E-state index contributed by atoms with van der Waals surface area (Å²) in [6, 6.07) is 19.3. The molecule has 0 aliphatic rings. The number of hydrogen-bond donors (Lipinski definition) is 0. The monoisotopic (exact) mass is 402 g/mol. The van der Waals surface area contributed by atoms with E-state index in [0.29, 0.717) is 10.4 Å². The van der Waals surface area contributed by atoms with Gasteiger partial charge in [0, 0.05) is 31.1 Å². The topological polar surface area (TPSA) is 17.1 Å². The van der Waals surface area contributed by atoms with Gasteiger partial charge in [-0.2, -0.15) is 0 Å². The molecule has 0 saturated heterocycles. The van der Waals surface area contributed by atoms with Crippen molar-refractivity contribution < 1.29 is 0 Å². The molecule has 1 aromatic heterocycles.